The van der Waals surface area contributed by atoms with Crippen molar-refractivity contribution in [1.82, 2.24) is 19.4 Å². The summed E-state index contributed by atoms with van der Waals surface area (Å²) in [7, 11) is 1.81. The third-order valence-electron chi connectivity index (χ3n) is 5.72. The molecule has 3 aromatic rings. The molecule has 8 nitrogen and oxygen atoms in total. The van der Waals surface area contributed by atoms with Crippen molar-refractivity contribution >= 4 is 23.0 Å². The molecule has 0 saturated carbocycles. The molecule has 0 radical (unpaired) electrons. The molecule has 1 aliphatic rings. The summed E-state index contributed by atoms with van der Waals surface area (Å²) >= 11 is 0. The molecule has 1 fully saturated rings. The lowest BCUT2D eigenvalue weighted by atomic mass is 10.0. The van der Waals surface area contributed by atoms with Crippen LogP contribution in [0.25, 0.3) is 11.3 Å². The lowest BCUT2D eigenvalue weighted by Gasteiger charge is -2.36. The molecule has 0 bridgehead atoms. The number of hydrogen-bond acceptors (Lipinski definition) is 6. The third kappa shape index (κ3) is 5.41. The maximum atomic E-state index is 12.9. The van der Waals surface area contributed by atoms with E-state index in [4.69, 9.17) is 0 Å². The average molecular weight is 503 g/mol. The summed E-state index contributed by atoms with van der Waals surface area (Å²) in [4.78, 5) is 21.2. The summed E-state index contributed by atoms with van der Waals surface area (Å²) in [5.74, 6) is 0.268. The Morgan fingerprint density at radius 2 is 1.75 bits per heavy atom. The van der Waals surface area contributed by atoms with E-state index in [1.165, 1.54) is 17.0 Å². The smallest absolute Gasteiger partial charge is 0.329 e. The van der Waals surface area contributed by atoms with Crippen molar-refractivity contribution in [2.45, 2.75) is 25.4 Å². The summed E-state index contributed by atoms with van der Waals surface area (Å²) in [6.07, 6.45) is 4.85. The molecular formula is C23H27BrN4O4. The number of carbonyl (C=O) groups excluding carboxylic acids is 1. The van der Waals surface area contributed by atoms with Crippen LogP contribution in [0.2, 0.25) is 0 Å². The number of carbonyl (C=O) groups is 1. The zero-order valence-corrected chi connectivity index (χ0v) is 19.5. The number of hydrogen-bond donors (Lipinski definition) is 3. The van der Waals surface area contributed by atoms with Crippen LogP contribution in [0.15, 0.2) is 55.0 Å². The molecule has 32 heavy (non-hydrogen) atoms. The second-order valence-electron chi connectivity index (χ2n) is 7.97. The van der Waals surface area contributed by atoms with Crippen molar-refractivity contribution in [3.8, 4) is 28.5 Å². The molecule has 1 saturated heterocycles. The maximum absolute atomic E-state index is 12.9. The second kappa shape index (κ2) is 10.1. The van der Waals surface area contributed by atoms with Gasteiger partial charge in [0.1, 0.15) is 23.6 Å². The van der Waals surface area contributed by atoms with Gasteiger partial charge in [0.25, 0.3) is 0 Å². The molecule has 0 spiro atoms. The minimum atomic E-state index is -0.143. The summed E-state index contributed by atoms with van der Waals surface area (Å²) < 4.78 is 1.47. The van der Waals surface area contributed by atoms with Gasteiger partial charge in [-0.1, -0.05) is 12.1 Å². The number of rotatable bonds is 4. The van der Waals surface area contributed by atoms with Gasteiger partial charge in [-0.2, -0.15) is 0 Å². The number of nitrogens with zero attached hydrogens (tertiary/aromatic N) is 4. The van der Waals surface area contributed by atoms with E-state index in [9.17, 15) is 20.1 Å². The van der Waals surface area contributed by atoms with Crippen molar-refractivity contribution in [2.24, 2.45) is 0 Å². The fraction of sp³-hybridized carbons (Fsp3) is 0.304. The number of likely N-dealkylation sites (tertiary alicyclic amines) is 1. The number of benzene rings is 2. The van der Waals surface area contributed by atoms with E-state index < -0.39 is 0 Å². The standard InChI is InChI=1S/C23H26N4O4.BrH/c1-25(23(31)27-14-22(24-15-27)17-3-2-4-19(28)11-17)18-5-7-26(8-6-18)13-16-9-20(29)12-21(30)10-16;/h2-4,9-12,14-15,18,28-30H,5-8,13H2,1H3;1H. The molecule has 0 unspecified atom stereocenters. The lowest BCUT2D eigenvalue weighted by Crippen LogP contribution is -2.46. The van der Waals surface area contributed by atoms with Crippen LogP contribution in [0.5, 0.6) is 17.2 Å². The van der Waals surface area contributed by atoms with Gasteiger partial charge >= 0.3 is 6.03 Å². The van der Waals surface area contributed by atoms with Crippen molar-refractivity contribution in [1.29, 1.82) is 0 Å². The first-order chi connectivity index (χ1) is 14.9. The molecule has 3 N–H and O–H groups in total. The first-order valence-corrected chi connectivity index (χ1v) is 10.2. The molecule has 1 aromatic heterocycles. The van der Waals surface area contributed by atoms with E-state index >= 15 is 0 Å². The zero-order valence-electron chi connectivity index (χ0n) is 17.8. The Bertz CT molecular complexity index is 1060. The summed E-state index contributed by atoms with van der Waals surface area (Å²) in [5, 5.41) is 29.0. The molecule has 0 aliphatic carbocycles. The number of phenolic OH excluding ortho intramolecular Hbond substituents is 3. The van der Waals surface area contributed by atoms with Crippen molar-refractivity contribution < 1.29 is 20.1 Å². The SMILES string of the molecule is Br.CN(C(=O)n1cnc(-c2cccc(O)c2)c1)C1CCN(Cc2cc(O)cc(O)c2)CC1. The van der Waals surface area contributed by atoms with Crippen LogP contribution in [0.4, 0.5) is 4.79 Å². The number of imidazole rings is 1. The largest absolute Gasteiger partial charge is 0.508 e. The van der Waals surface area contributed by atoms with Gasteiger partial charge in [-0.15, -0.1) is 17.0 Å². The van der Waals surface area contributed by atoms with Crippen LogP contribution >= 0.6 is 17.0 Å². The van der Waals surface area contributed by atoms with E-state index in [-0.39, 0.29) is 46.3 Å². The predicted molar refractivity (Wildman–Crippen MR) is 126 cm³/mol. The van der Waals surface area contributed by atoms with Gasteiger partial charge in [-0.3, -0.25) is 9.47 Å². The van der Waals surface area contributed by atoms with Crippen LogP contribution in [-0.4, -0.2) is 66.9 Å². The van der Waals surface area contributed by atoms with Gasteiger partial charge in [0.05, 0.1) is 5.69 Å². The second-order valence-corrected chi connectivity index (χ2v) is 7.97. The van der Waals surface area contributed by atoms with Gasteiger partial charge in [0.2, 0.25) is 0 Å². The van der Waals surface area contributed by atoms with Crippen LogP contribution in [0.1, 0.15) is 18.4 Å². The summed E-state index contributed by atoms with van der Waals surface area (Å²) in [5.41, 5.74) is 2.24. The van der Waals surface area contributed by atoms with Crippen LogP contribution in [-0.2, 0) is 6.54 Å². The number of aromatic nitrogens is 2. The van der Waals surface area contributed by atoms with Crippen LogP contribution < -0.4 is 0 Å². The minimum Gasteiger partial charge on any atom is -0.508 e. The van der Waals surface area contributed by atoms with E-state index in [1.807, 2.05) is 13.1 Å². The van der Waals surface area contributed by atoms with Crippen molar-refractivity contribution in [3.63, 3.8) is 0 Å². The van der Waals surface area contributed by atoms with E-state index in [2.05, 4.69) is 9.88 Å². The highest BCUT2D eigenvalue weighted by atomic mass is 79.9. The minimum absolute atomic E-state index is 0. The number of aromatic hydroxyl groups is 3. The predicted octanol–water partition coefficient (Wildman–Crippen LogP) is 3.81. The summed E-state index contributed by atoms with van der Waals surface area (Å²) in [6.45, 7) is 2.27. The van der Waals surface area contributed by atoms with Gasteiger partial charge in [0.15, 0.2) is 0 Å². The number of piperidine rings is 1. The molecular weight excluding hydrogens is 476 g/mol. The average Bonchev–Trinajstić information content (AvgIpc) is 3.23. The van der Waals surface area contributed by atoms with Crippen molar-refractivity contribution in [3.05, 3.63) is 60.6 Å². The normalized spacial score (nSPS) is 14.7. The molecule has 170 valence electrons. The van der Waals surface area contributed by atoms with E-state index in [1.54, 1.807) is 41.4 Å². The lowest BCUT2D eigenvalue weighted by molar-refractivity contribution is 0.131. The molecule has 1 amide bonds. The van der Waals surface area contributed by atoms with E-state index in [0.29, 0.717) is 12.2 Å². The van der Waals surface area contributed by atoms with Crippen molar-refractivity contribution in [2.75, 3.05) is 20.1 Å². The van der Waals surface area contributed by atoms with Crippen LogP contribution in [0, 0.1) is 0 Å². The molecule has 0 atom stereocenters. The monoisotopic (exact) mass is 502 g/mol. The molecule has 9 heteroatoms. The van der Waals surface area contributed by atoms with E-state index in [0.717, 1.165) is 37.1 Å². The molecule has 2 aromatic carbocycles. The Kier molecular flexibility index (Phi) is 7.42. The number of halogens is 1. The van der Waals surface area contributed by atoms with Gasteiger partial charge in [0, 0.05) is 50.6 Å². The topological polar surface area (TPSA) is 102 Å². The number of phenols is 3. The highest BCUT2D eigenvalue weighted by molar-refractivity contribution is 8.93. The quantitative estimate of drug-likeness (QED) is 0.501. The number of amides is 1. The highest BCUT2D eigenvalue weighted by Crippen LogP contribution is 2.25. The molecule has 1 aliphatic heterocycles. The Balaban J connectivity index is 0.00000289. The maximum Gasteiger partial charge on any atom is 0.329 e. The van der Waals surface area contributed by atoms with Gasteiger partial charge < -0.3 is 20.2 Å². The van der Waals surface area contributed by atoms with Crippen LogP contribution in [0.3, 0.4) is 0 Å². The van der Waals surface area contributed by atoms with Gasteiger partial charge in [-0.05, 0) is 42.7 Å². The first-order valence-electron chi connectivity index (χ1n) is 10.2. The van der Waals surface area contributed by atoms with Gasteiger partial charge in [-0.25, -0.2) is 9.78 Å². The highest BCUT2D eigenvalue weighted by Gasteiger charge is 2.26. The Hall–Kier alpha value is -3.04. The fourth-order valence-corrected chi connectivity index (χ4v) is 4.05. The zero-order chi connectivity index (χ0) is 22.0. The third-order valence-corrected chi connectivity index (χ3v) is 5.72. The Morgan fingerprint density at radius 1 is 1.06 bits per heavy atom. The summed E-state index contributed by atoms with van der Waals surface area (Å²) in [6, 6.07) is 11.4. The fourth-order valence-electron chi connectivity index (χ4n) is 4.05. The molecule has 2 heterocycles. The first kappa shape index (κ1) is 23.6. The molecule has 4 rings (SSSR count). The Morgan fingerprint density at radius 3 is 2.41 bits per heavy atom. The Labute approximate surface area is 197 Å².